The molecule has 3 aromatic rings. The second-order valence-corrected chi connectivity index (χ2v) is 4.10. The number of aromatic amines is 1. The number of aldehydes is 1. The van der Waals surface area contributed by atoms with E-state index in [0.29, 0.717) is 5.69 Å². The molecule has 19 heavy (non-hydrogen) atoms. The summed E-state index contributed by atoms with van der Waals surface area (Å²) in [7, 11) is 0. The summed E-state index contributed by atoms with van der Waals surface area (Å²) >= 11 is 0. The molecule has 4 nitrogen and oxygen atoms in total. The molecule has 1 N–H and O–H groups in total. The number of benzene rings is 1. The van der Waals surface area contributed by atoms with E-state index >= 15 is 0 Å². The molecule has 0 saturated carbocycles. The van der Waals surface area contributed by atoms with Crippen molar-refractivity contribution in [3.05, 3.63) is 59.7 Å². The lowest BCUT2D eigenvalue weighted by atomic mass is 10.3. The third-order valence-corrected chi connectivity index (χ3v) is 2.76. The van der Waals surface area contributed by atoms with E-state index in [2.05, 4.69) is 15.0 Å². The van der Waals surface area contributed by atoms with Gasteiger partial charge in [0.2, 0.25) is 0 Å². The van der Waals surface area contributed by atoms with Gasteiger partial charge in [0.25, 0.3) is 0 Å². The topological polar surface area (TPSA) is 58.6 Å². The van der Waals surface area contributed by atoms with Gasteiger partial charge in [-0.25, -0.2) is 4.98 Å². The zero-order valence-electron chi connectivity index (χ0n) is 10.1. The average molecular weight is 249 g/mol. The molecule has 0 radical (unpaired) electrons. The minimum Gasteiger partial charge on any atom is -0.353 e. The Morgan fingerprint density at radius 1 is 0.947 bits per heavy atom. The molecule has 0 aliphatic carbocycles. The van der Waals surface area contributed by atoms with Crippen LogP contribution in [0.5, 0.6) is 0 Å². The molecular weight excluding hydrogens is 238 g/mol. The number of hydrogen-bond donors (Lipinski definition) is 1. The second kappa shape index (κ2) is 4.86. The third-order valence-electron chi connectivity index (χ3n) is 2.76. The van der Waals surface area contributed by atoms with E-state index in [1.165, 1.54) is 0 Å². The fraction of sp³-hybridized carbons (Fsp3) is 0. The van der Waals surface area contributed by atoms with Crippen molar-refractivity contribution in [3.8, 4) is 0 Å². The molecule has 0 saturated heterocycles. The van der Waals surface area contributed by atoms with Crippen LogP contribution in [0.3, 0.4) is 0 Å². The van der Waals surface area contributed by atoms with E-state index in [-0.39, 0.29) is 0 Å². The fourth-order valence-corrected chi connectivity index (χ4v) is 1.82. The first-order chi connectivity index (χ1) is 9.35. The van der Waals surface area contributed by atoms with E-state index in [1.807, 2.05) is 42.5 Å². The maximum Gasteiger partial charge on any atom is 0.166 e. The Bertz CT molecular complexity index is 759. The van der Waals surface area contributed by atoms with Crippen molar-refractivity contribution in [1.29, 1.82) is 0 Å². The number of carbonyl (C=O) groups excluding carboxylic acids is 1. The highest BCUT2D eigenvalue weighted by atomic mass is 16.1. The van der Waals surface area contributed by atoms with Crippen LogP contribution < -0.4 is 0 Å². The van der Waals surface area contributed by atoms with Crippen LogP contribution in [0.2, 0.25) is 0 Å². The molecule has 0 fully saturated rings. The van der Waals surface area contributed by atoms with Crippen LogP contribution in [-0.4, -0.2) is 21.2 Å². The molecule has 4 heteroatoms. The number of H-pyrrole nitrogens is 1. The number of fused-ring (bicyclic) bond motifs is 1. The zero-order valence-corrected chi connectivity index (χ0v) is 10.1. The Labute approximate surface area is 109 Å². The Morgan fingerprint density at radius 3 is 2.53 bits per heavy atom. The van der Waals surface area contributed by atoms with Crippen LogP contribution in [0.1, 0.15) is 21.9 Å². The molecule has 2 aromatic heterocycles. The molecule has 3 rings (SSSR count). The Morgan fingerprint density at radius 2 is 1.74 bits per heavy atom. The van der Waals surface area contributed by atoms with Crippen LogP contribution in [0, 0.1) is 0 Å². The van der Waals surface area contributed by atoms with Crippen LogP contribution in [0.15, 0.2) is 42.6 Å². The molecule has 0 amide bonds. The van der Waals surface area contributed by atoms with Gasteiger partial charge in [-0.2, -0.15) is 0 Å². The summed E-state index contributed by atoms with van der Waals surface area (Å²) < 4.78 is 0. The third kappa shape index (κ3) is 2.42. The SMILES string of the molecule is O=Cc1ccc(/C=C\c2cnc3ccccc3n2)[nH]1. The van der Waals surface area contributed by atoms with Gasteiger partial charge >= 0.3 is 0 Å². The molecular formula is C15H11N3O. The van der Waals surface area contributed by atoms with Gasteiger partial charge in [0.05, 0.1) is 28.6 Å². The van der Waals surface area contributed by atoms with Crippen molar-refractivity contribution in [3.63, 3.8) is 0 Å². The number of para-hydroxylation sites is 2. The predicted octanol–water partition coefficient (Wildman–Crippen LogP) is 2.94. The van der Waals surface area contributed by atoms with Gasteiger partial charge in [0.15, 0.2) is 6.29 Å². The summed E-state index contributed by atoms with van der Waals surface area (Å²) in [5, 5.41) is 0. The number of nitrogens with zero attached hydrogens (tertiary/aromatic N) is 2. The quantitative estimate of drug-likeness (QED) is 0.726. The molecule has 0 aliphatic heterocycles. The number of carbonyl (C=O) groups is 1. The first-order valence-electron chi connectivity index (χ1n) is 5.89. The lowest BCUT2D eigenvalue weighted by Gasteiger charge is -1.97. The van der Waals surface area contributed by atoms with Gasteiger partial charge in [0, 0.05) is 5.69 Å². The second-order valence-electron chi connectivity index (χ2n) is 4.10. The van der Waals surface area contributed by atoms with Crippen molar-refractivity contribution >= 4 is 29.5 Å². The first kappa shape index (κ1) is 11.3. The van der Waals surface area contributed by atoms with Crippen molar-refractivity contribution in [1.82, 2.24) is 15.0 Å². The monoisotopic (exact) mass is 249 g/mol. The molecule has 0 unspecified atom stereocenters. The van der Waals surface area contributed by atoms with Crippen molar-refractivity contribution in [2.75, 3.05) is 0 Å². The molecule has 0 bridgehead atoms. The predicted molar refractivity (Wildman–Crippen MR) is 74.6 cm³/mol. The van der Waals surface area contributed by atoms with Crippen LogP contribution in [0.4, 0.5) is 0 Å². The summed E-state index contributed by atoms with van der Waals surface area (Å²) in [6, 6.07) is 11.3. The standard InChI is InChI=1S/C15H11N3O/c19-10-13-8-6-11(17-13)5-7-12-9-16-14-3-1-2-4-15(14)18-12/h1-10,17H/b7-5-. The minimum atomic E-state index is 0.559. The van der Waals surface area contributed by atoms with Gasteiger partial charge in [-0.05, 0) is 36.4 Å². The Hall–Kier alpha value is -2.75. The van der Waals surface area contributed by atoms with Crippen molar-refractivity contribution < 1.29 is 4.79 Å². The Kier molecular flexibility index (Phi) is 2.90. The summed E-state index contributed by atoms with van der Waals surface area (Å²) in [5.74, 6) is 0. The van der Waals surface area contributed by atoms with Gasteiger partial charge in [-0.15, -0.1) is 0 Å². The first-order valence-corrected chi connectivity index (χ1v) is 5.89. The van der Waals surface area contributed by atoms with Crippen molar-refractivity contribution in [2.24, 2.45) is 0 Å². The van der Waals surface area contributed by atoms with E-state index < -0.39 is 0 Å². The number of hydrogen-bond acceptors (Lipinski definition) is 3. The van der Waals surface area contributed by atoms with Crippen LogP contribution >= 0.6 is 0 Å². The minimum absolute atomic E-state index is 0.559. The molecule has 2 heterocycles. The van der Waals surface area contributed by atoms with E-state index in [4.69, 9.17) is 0 Å². The van der Waals surface area contributed by atoms with E-state index in [9.17, 15) is 4.79 Å². The van der Waals surface area contributed by atoms with Crippen LogP contribution in [0.25, 0.3) is 23.2 Å². The largest absolute Gasteiger partial charge is 0.353 e. The maximum absolute atomic E-state index is 10.6. The summed E-state index contributed by atoms with van der Waals surface area (Å²) in [5.41, 5.74) is 3.94. The summed E-state index contributed by atoms with van der Waals surface area (Å²) in [6.45, 7) is 0. The van der Waals surface area contributed by atoms with Gasteiger partial charge in [-0.1, -0.05) is 12.1 Å². The molecule has 0 aliphatic rings. The molecule has 92 valence electrons. The van der Waals surface area contributed by atoms with Crippen LogP contribution in [-0.2, 0) is 0 Å². The molecule has 0 spiro atoms. The lowest BCUT2D eigenvalue weighted by molar-refractivity contribution is 0.111. The molecule has 1 aromatic carbocycles. The smallest absolute Gasteiger partial charge is 0.166 e. The lowest BCUT2D eigenvalue weighted by Crippen LogP contribution is -1.86. The number of aromatic nitrogens is 3. The normalized spacial score (nSPS) is 11.2. The van der Waals surface area contributed by atoms with Gasteiger partial charge < -0.3 is 4.98 Å². The highest BCUT2D eigenvalue weighted by Gasteiger charge is 1.97. The summed E-state index contributed by atoms with van der Waals surface area (Å²) in [4.78, 5) is 22.3. The highest BCUT2D eigenvalue weighted by Crippen LogP contribution is 2.11. The number of nitrogens with one attached hydrogen (secondary N) is 1. The molecule has 0 atom stereocenters. The highest BCUT2D eigenvalue weighted by molar-refractivity contribution is 5.77. The van der Waals surface area contributed by atoms with E-state index in [1.54, 1.807) is 12.3 Å². The van der Waals surface area contributed by atoms with E-state index in [0.717, 1.165) is 28.7 Å². The Balaban J connectivity index is 1.90. The number of rotatable bonds is 3. The summed E-state index contributed by atoms with van der Waals surface area (Å²) in [6.07, 6.45) is 6.24. The van der Waals surface area contributed by atoms with Gasteiger partial charge in [-0.3, -0.25) is 9.78 Å². The van der Waals surface area contributed by atoms with Crippen molar-refractivity contribution in [2.45, 2.75) is 0 Å². The zero-order chi connectivity index (χ0) is 13.1. The van der Waals surface area contributed by atoms with Gasteiger partial charge in [0.1, 0.15) is 0 Å². The average Bonchev–Trinajstić information content (AvgIpc) is 2.93. The maximum atomic E-state index is 10.6. The fourth-order valence-electron chi connectivity index (χ4n) is 1.82.